The van der Waals surface area contributed by atoms with E-state index in [1.165, 1.54) is 7.11 Å². The Labute approximate surface area is 197 Å². The predicted octanol–water partition coefficient (Wildman–Crippen LogP) is 2.46. The molecule has 1 unspecified atom stereocenters. The van der Waals surface area contributed by atoms with Crippen LogP contribution in [0.3, 0.4) is 0 Å². The quantitative estimate of drug-likeness (QED) is 0.603. The highest BCUT2D eigenvalue weighted by Gasteiger charge is 2.25. The standard InChI is InChI=1S/C24H27N5O5/c1-15-14-34-12-9-29(15)22-17-4-5-19(16-3-6-20(32-2)18(13-16)23(30)31)25-21(17)26-24(27-22)28-7-10-33-11-8-28/h3-6,13,15H,7-12,14H2,1-2H3,(H,30,31). The number of fused-ring (bicyclic) bond motifs is 1. The highest BCUT2D eigenvalue weighted by molar-refractivity contribution is 5.93. The molecular weight excluding hydrogens is 438 g/mol. The Morgan fingerprint density at radius 3 is 2.59 bits per heavy atom. The van der Waals surface area contributed by atoms with E-state index < -0.39 is 5.97 Å². The maximum Gasteiger partial charge on any atom is 0.339 e. The molecule has 3 aromatic rings. The van der Waals surface area contributed by atoms with Crippen LogP contribution in [0, 0.1) is 0 Å². The van der Waals surface area contributed by atoms with Crippen molar-refractivity contribution < 1.29 is 24.1 Å². The Kier molecular flexibility index (Phi) is 6.16. The van der Waals surface area contributed by atoms with Crippen LogP contribution in [0.1, 0.15) is 17.3 Å². The van der Waals surface area contributed by atoms with Crippen LogP contribution >= 0.6 is 0 Å². The van der Waals surface area contributed by atoms with E-state index in [1.54, 1.807) is 18.2 Å². The molecule has 1 atom stereocenters. The lowest BCUT2D eigenvalue weighted by molar-refractivity contribution is 0.0693. The lowest BCUT2D eigenvalue weighted by Gasteiger charge is -2.35. The Bertz CT molecular complexity index is 1210. The normalized spacial score (nSPS) is 18.8. The highest BCUT2D eigenvalue weighted by atomic mass is 16.5. The molecule has 1 aromatic carbocycles. The third-order valence-corrected chi connectivity index (χ3v) is 6.19. The second-order valence-electron chi connectivity index (χ2n) is 8.35. The van der Waals surface area contributed by atoms with E-state index in [4.69, 9.17) is 29.2 Å². The van der Waals surface area contributed by atoms with Crippen LogP contribution in [0.2, 0.25) is 0 Å². The van der Waals surface area contributed by atoms with E-state index in [0.29, 0.717) is 68.1 Å². The van der Waals surface area contributed by atoms with Crippen molar-refractivity contribution >= 4 is 28.8 Å². The number of methoxy groups -OCH3 is 1. The molecule has 34 heavy (non-hydrogen) atoms. The van der Waals surface area contributed by atoms with E-state index in [0.717, 1.165) is 17.7 Å². The molecule has 10 nitrogen and oxygen atoms in total. The van der Waals surface area contributed by atoms with E-state index in [9.17, 15) is 9.90 Å². The summed E-state index contributed by atoms with van der Waals surface area (Å²) in [6.07, 6.45) is 0. The van der Waals surface area contributed by atoms with Crippen molar-refractivity contribution in [2.24, 2.45) is 0 Å². The maximum absolute atomic E-state index is 11.7. The topological polar surface area (TPSA) is 110 Å². The highest BCUT2D eigenvalue weighted by Crippen LogP contribution is 2.32. The molecule has 2 aromatic heterocycles. The van der Waals surface area contributed by atoms with Gasteiger partial charge in [0.05, 0.1) is 50.7 Å². The van der Waals surface area contributed by atoms with Crippen molar-refractivity contribution in [2.75, 3.05) is 63.0 Å². The number of carbonyl (C=O) groups is 1. The first-order chi connectivity index (χ1) is 16.5. The van der Waals surface area contributed by atoms with Crippen LogP contribution in [-0.4, -0.2) is 85.2 Å². The van der Waals surface area contributed by atoms with Gasteiger partial charge in [0.15, 0.2) is 5.65 Å². The number of carboxylic acid groups (broad SMARTS) is 1. The summed E-state index contributed by atoms with van der Waals surface area (Å²) in [5.74, 6) is 0.704. The summed E-state index contributed by atoms with van der Waals surface area (Å²) < 4.78 is 16.3. The molecule has 4 heterocycles. The molecule has 1 N–H and O–H groups in total. The van der Waals surface area contributed by atoms with Gasteiger partial charge in [0, 0.05) is 25.2 Å². The maximum atomic E-state index is 11.7. The molecule has 2 aliphatic heterocycles. The summed E-state index contributed by atoms with van der Waals surface area (Å²) in [5, 5.41) is 10.4. The van der Waals surface area contributed by atoms with Crippen molar-refractivity contribution in [1.29, 1.82) is 0 Å². The number of anilines is 2. The fourth-order valence-electron chi connectivity index (χ4n) is 4.34. The first-order valence-electron chi connectivity index (χ1n) is 11.3. The van der Waals surface area contributed by atoms with Gasteiger partial charge in [0.25, 0.3) is 0 Å². The predicted molar refractivity (Wildman–Crippen MR) is 127 cm³/mol. The minimum Gasteiger partial charge on any atom is -0.496 e. The number of ether oxygens (including phenoxy) is 3. The van der Waals surface area contributed by atoms with Crippen molar-refractivity contribution in [3.63, 3.8) is 0 Å². The largest absolute Gasteiger partial charge is 0.496 e. The van der Waals surface area contributed by atoms with E-state index in [-0.39, 0.29) is 11.6 Å². The monoisotopic (exact) mass is 465 g/mol. The van der Waals surface area contributed by atoms with Gasteiger partial charge in [-0.3, -0.25) is 0 Å². The average molecular weight is 466 g/mol. The smallest absolute Gasteiger partial charge is 0.339 e. The summed E-state index contributed by atoms with van der Waals surface area (Å²) in [7, 11) is 1.45. The molecule has 2 aliphatic rings. The van der Waals surface area contributed by atoms with Gasteiger partial charge >= 0.3 is 5.97 Å². The minimum absolute atomic E-state index is 0.0846. The molecule has 0 aliphatic carbocycles. The van der Waals surface area contributed by atoms with Crippen molar-refractivity contribution in [1.82, 2.24) is 15.0 Å². The van der Waals surface area contributed by atoms with Crippen LogP contribution in [0.25, 0.3) is 22.3 Å². The summed E-state index contributed by atoms with van der Waals surface area (Å²) in [6.45, 7) is 6.80. The van der Waals surface area contributed by atoms with Crippen LogP contribution in [0.15, 0.2) is 30.3 Å². The number of carboxylic acids is 1. The van der Waals surface area contributed by atoms with Crippen molar-refractivity contribution in [3.05, 3.63) is 35.9 Å². The van der Waals surface area contributed by atoms with Gasteiger partial charge in [0.1, 0.15) is 17.1 Å². The summed E-state index contributed by atoms with van der Waals surface area (Å²) in [6, 6.07) is 9.03. The third-order valence-electron chi connectivity index (χ3n) is 6.19. The van der Waals surface area contributed by atoms with Gasteiger partial charge in [-0.15, -0.1) is 0 Å². The Morgan fingerprint density at radius 2 is 1.85 bits per heavy atom. The lowest BCUT2D eigenvalue weighted by atomic mass is 10.1. The molecule has 2 fully saturated rings. The number of morpholine rings is 2. The first-order valence-corrected chi connectivity index (χ1v) is 11.3. The molecule has 10 heteroatoms. The number of nitrogens with zero attached hydrogens (tertiary/aromatic N) is 5. The molecule has 0 amide bonds. The van der Waals surface area contributed by atoms with Crippen LogP contribution in [-0.2, 0) is 9.47 Å². The SMILES string of the molecule is COc1ccc(-c2ccc3c(N4CCOCC4C)nc(N4CCOCC4)nc3n2)cc1C(=O)O. The zero-order valence-electron chi connectivity index (χ0n) is 19.2. The summed E-state index contributed by atoms with van der Waals surface area (Å²) >= 11 is 0. The fourth-order valence-corrected chi connectivity index (χ4v) is 4.34. The molecule has 178 valence electrons. The molecule has 2 saturated heterocycles. The second-order valence-corrected chi connectivity index (χ2v) is 8.35. The molecule has 0 spiro atoms. The van der Waals surface area contributed by atoms with E-state index in [2.05, 4.69) is 16.7 Å². The van der Waals surface area contributed by atoms with Crippen LogP contribution in [0.5, 0.6) is 5.75 Å². The first kappa shape index (κ1) is 22.3. The molecule has 0 bridgehead atoms. The third kappa shape index (κ3) is 4.22. The van der Waals surface area contributed by atoms with Gasteiger partial charge in [-0.25, -0.2) is 9.78 Å². The second kappa shape index (κ2) is 9.40. The Hall–Kier alpha value is -3.50. The van der Waals surface area contributed by atoms with Gasteiger partial charge in [-0.05, 0) is 37.3 Å². The van der Waals surface area contributed by atoms with Crippen molar-refractivity contribution in [2.45, 2.75) is 13.0 Å². The number of aromatic carboxylic acids is 1. The van der Waals surface area contributed by atoms with E-state index >= 15 is 0 Å². The van der Waals surface area contributed by atoms with Gasteiger partial charge in [0.2, 0.25) is 5.95 Å². The molecule has 0 radical (unpaired) electrons. The van der Waals surface area contributed by atoms with Crippen LogP contribution in [0.4, 0.5) is 11.8 Å². The van der Waals surface area contributed by atoms with Gasteiger partial charge in [-0.2, -0.15) is 9.97 Å². The summed E-state index contributed by atoms with van der Waals surface area (Å²) in [5.41, 5.74) is 1.95. The Balaban J connectivity index is 1.63. The number of benzene rings is 1. The van der Waals surface area contributed by atoms with Crippen molar-refractivity contribution in [3.8, 4) is 17.0 Å². The zero-order chi connectivity index (χ0) is 23.7. The number of aromatic nitrogens is 3. The van der Waals surface area contributed by atoms with E-state index in [1.807, 2.05) is 12.1 Å². The number of pyridine rings is 1. The van der Waals surface area contributed by atoms with Gasteiger partial charge < -0.3 is 29.1 Å². The van der Waals surface area contributed by atoms with Gasteiger partial charge in [-0.1, -0.05) is 0 Å². The fraction of sp³-hybridized carbons (Fsp3) is 0.417. The summed E-state index contributed by atoms with van der Waals surface area (Å²) in [4.78, 5) is 30.7. The molecular formula is C24H27N5O5. The number of hydrogen-bond donors (Lipinski definition) is 1. The Morgan fingerprint density at radius 1 is 1.06 bits per heavy atom. The zero-order valence-corrected chi connectivity index (χ0v) is 19.2. The van der Waals surface area contributed by atoms with Crippen LogP contribution < -0.4 is 14.5 Å². The lowest BCUT2D eigenvalue weighted by Crippen LogP contribution is -2.44. The molecule has 0 saturated carbocycles. The molecule has 5 rings (SSSR count). The minimum atomic E-state index is -1.06. The number of rotatable bonds is 5. The average Bonchev–Trinajstić information content (AvgIpc) is 2.88. The number of hydrogen-bond acceptors (Lipinski definition) is 9.